The first-order chi connectivity index (χ1) is 11.7. The zero-order valence-corrected chi connectivity index (χ0v) is 16.2. The number of carbonyl (C=O) groups is 2. The maximum Gasteiger partial charge on any atom is 0.407 e. The highest BCUT2D eigenvalue weighted by Crippen LogP contribution is 2.27. The number of unbranched alkanes of at least 4 members (excludes halogenated alkanes) is 1. The maximum absolute atomic E-state index is 11.7. The lowest BCUT2D eigenvalue weighted by Crippen LogP contribution is -2.33. The van der Waals surface area contributed by atoms with Crippen LogP contribution < -0.4 is 15.4 Å². The number of amides is 2. The van der Waals surface area contributed by atoms with Crippen molar-refractivity contribution in [2.45, 2.75) is 39.2 Å². The van der Waals surface area contributed by atoms with E-state index in [1.165, 1.54) is 0 Å². The first kappa shape index (κ1) is 21.4. The van der Waals surface area contributed by atoms with E-state index in [0.717, 1.165) is 12.8 Å². The molecule has 0 radical (unpaired) electrons. The van der Waals surface area contributed by atoms with Crippen LogP contribution >= 0.6 is 23.2 Å². The van der Waals surface area contributed by atoms with Crippen LogP contribution in [0.4, 0.5) is 4.79 Å². The molecule has 0 aliphatic carbocycles. The molecule has 1 aromatic rings. The van der Waals surface area contributed by atoms with Gasteiger partial charge >= 0.3 is 6.09 Å². The molecule has 0 unspecified atom stereocenters. The molecule has 2 amide bonds. The molecule has 0 saturated carbocycles. The number of hydrogen-bond donors (Lipinski definition) is 2. The minimum absolute atomic E-state index is 0.127. The lowest BCUT2D eigenvalue weighted by atomic mass is 10.2. The Bertz CT molecular complexity index is 589. The summed E-state index contributed by atoms with van der Waals surface area (Å²) in [6, 6.07) is 4.80. The van der Waals surface area contributed by atoms with Crippen molar-refractivity contribution >= 4 is 35.2 Å². The quantitative estimate of drug-likeness (QED) is 0.661. The summed E-state index contributed by atoms with van der Waals surface area (Å²) in [5.74, 6) is 0.161. The van der Waals surface area contributed by atoms with E-state index in [4.69, 9.17) is 32.7 Å². The molecule has 1 rings (SSSR count). The lowest BCUT2D eigenvalue weighted by Gasteiger charge is -2.19. The van der Waals surface area contributed by atoms with Gasteiger partial charge in [-0.1, -0.05) is 23.2 Å². The topological polar surface area (TPSA) is 76.7 Å². The Morgan fingerprint density at radius 3 is 2.32 bits per heavy atom. The van der Waals surface area contributed by atoms with Gasteiger partial charge in [0.2, 0.25) is 0 Å². The van der Waals surface area contributed by atoms with Gasteiger partial charge in [0, 0.05) is 18.1 Å². The fourth-order valence-electron chi connectivity index (χ4n) is 1.77. The van der Waals surface area contributed by atoms with Gasteiger partial charge in [-0.25, -0.2) is 4.79 Å². The fourth-order valence-corrected chi connectivity index (χ4v) is 2.23. The first-order valence-electron chi connectivity index (χ1n) is 7.99. The number of rotatable bonds is 8. The molecule has 0 atom stereocenters. The molecule has 0 bridgehead atoms. The lowest BCUT2D eigenvalue weighted by molar-refractivity contribution is -0.123. The SMILES string of the molecule is CC(C)(C)OC(=O)NCCCCNC(=O)COc1ccc(Cl)cc1Cl. The third kappa shape index (κ3) is 10.0. The van der Waals surface area contributed by atoms with Gasteiger partial charge in [-0.2, -0.15) is 0 Å². The molecule has 0 fully saturated rings. The smallest absolute Gasteiger partial charge is 0.407 e. The number of ether oxygens (including phenoxy) is 2. The average Bonchev–Trinajstić information content (AvgIpc) is 2.48. The summed E-state index contributed by atoms with van der Waals surface area (Å²) in [5.41, 5.74) is -0.509. The van der Waals surface area contributed by atoms with Gasteiger partial charge in [-0.15, -0.1) is 0 Å². The summed E-state index contributed by atoms with van der Waals surface area (Å²) < 4.78 is 10.5. The van der Waals surface area contributed by atoms with Crippen LogP contribution in [-0.2, 0) is 9.53 Å². The van der Waals surface area contributed by atoms with Crippen molar-refractivity contribution in [1.29, 1.82) is 0 Å². The van der Waals surface area contributed by atoms with Gasteiger partial charge in [0.15, 0.2) is 6.61 Å². The van der Waals surface area contributed by atoms with Crippen LogP contribution in [0.5, 0.6) is 5.75 Å². The summed E-state index contributed by atoms with van der Waals surface area (Å²) in [6.07, 6.45) is 1.01. The summed E-state index contributed by atoms with van der Waals surface area (Å²) in [6.45, 7) is 6.27. The normalized spacial score (nSPS) is 10.9. The number of benzene rings is 1. The zero-order valence-electron chi connectivity index (χ0n) is 14.7. The molecule has 2 N–H and O–H groups in total. The number of alkyl carbamates (subject to hydrolysis) is 1. The second-order valence-electron chi connectivity index (χ2n) is 6.35. The third-order valence-electron chi connectivity index (χ3n) is 2.85. The van der Waals surface area contributed by atoms with Crippen LogP contribution in [0.1, 0.15) is 33.6 Å². The van der Waals surface area contributed by atoms with Gasteiger partial charge in [0.25, 0.3) is 5.91 Å². The Hall–Kier alpha value is -1.66. The van der Waals surface area contributed by atoms with E-state index in [9.17, 15) is 9.59 Å². The largest absolute Gasteiger partial charge is 0.482 e. The summed E-state index contributed by atoms with van der Waals surface area (Å²) in [7, 11) is 0. The van der Waals surface area contributed by atoms with E-state index in [2.05, 4.69) is 10.6 Å². The monoisotopic (exact) mass is 390 g/mol. The number of nitrogens with one attached hydrogen (secondary N) is 2. The molecule has 0 aromatic heterocycles. The van der Waals surface area contributed by atoms with Crippen LogP contribution in [0.15, 0.2) is 18.2 Å². The number of carbonyl (C=O) groups excluding carboxylic acids is 2. The maximum atomic E-state index is 11.7. The zero-order chi connectivity index (χ0) is 18.9. The Kier molecular flexibility index (Phi) is 8.86. The van der Waals surface area contributed by atoms with Crippen molar-refractivity contribution < 1.29 is 19.1 Å². The predicted molar refractivity (Wildman–Crippen MR) is 98.4 cm³/mol. The Labute approximate surface area is 158 Å². The van der Waals surface area contributed by atoms with Gasteiger partial charge in [-0.05, 0) is 51.8 Å². The average molecular weight is 391 g/mol. The van der Waals surface area contributed by atoms with Crippen molar-refractivity contribution in [3.05, 3.63) is 28.2 Å². The van der Waals surface area contributed by atoms with E-state index in [0.29, 0.717) is 28.9 Å². The van der Waals surface area contributed by atoms with Crippen molar-refractivity contribution in [1.82, 2.24) is 10.6 Å². The van der Waals surface area contributed by atoms with Gasteiger partial charge in [0.1, 0.15) is 11.4 Å². The Balaban J connectivity index is 2.10. The number of halogens is 2. The highest BCUT2D eigenvalue weighted by atomic mass is 35.5. The molecular weight excluding hydrogens is 367 g/mol. The third-order valence-corrected chi connectivity index (χ3v) is 3.38. The van der Waals surface area contributed by atoms with Gasteiger partial charge < -0.3 is 20.1 Å². The second-order valence-corrected chi connectivity index (χ2v) is 7.19. The molecule has 8 heteroatoms. The molecule has 0 heterocycles. The standard InChI is InChI=1S/C17H24Cl2N2O4/c1-17(2,3)25-16(23)21-9-5-4-8-20-15(22)11-24-14-7-6-12(18)10-13(14)19/h6-7,10H,4-5,8-9,11H2,1-3H3,(H,20,22)(H,21,23). The molecule has 6 nitrogen and oxygen atoms in total. The summed E-state index contributed by atoms with van der Waals surface area (Å²) in [5, 5.41) is 6.25. The van der Waals surface area contributed by atoms with Crippen LogP contribution in [0.2, 0.25) is 10.0 Å². The number of hydrogen-bond acceptors (Lipinski definition) is 4. The molecule has 0 aliphatic heterocycles. The Morgan fingerprint density at radius 2 is 1.72 bits per heavy atom. The van der Waals surface area contributed by atoms with Crippen LogP contribution in [-0.4, -0.2) is 37.3 Å². The summed E-state index contributed by atoms with van der Waals surface area (Å²) >= 11 is 11.7. The van der Waals surface area contributed by atoms with Crippen molar-refractivity contribution in [2.24, 2.45) is 0 Å². The molecule has 0 spiro atoms. The van der Waals surface area contributed by atoms with Gasteiger partial charge in [0.05, 0.1) is 5.02 Å². The van der Waals surface area contributed by atoms with Gasteiger partial charge in [-0.3, -0.25) is 4.79 Å². The fraction of sp³-hybridized carbons (Fsp3) is 0.529. The highest BCUT2D eigenvalue weighted by molar-refractivity contribution is 6.35. The van der Waals surface area contributed by atoms with E-state index < -0.39 is 11.7 Å². The van der Waals surface area contributed by atoms with Crippen LogP contribution in [0, 0.1) is 0 Å². The Morgan fingerprint density at radius 1 is 1.08 bits per heavy atom. The van der Waals surface area contributed by atoms with Crippen molar-refractivity contribution in [3.63, 3.8) is 0 Å². The minimum atomic E-state index is -0.509. The van der Waals surface area contributed by atoms with Crippen molar-refractivity contribution in [2.75, 3.05) is 19.7 Å². The predicted octanol–water partition coefficient (Wildman–Crippen LogP) is 3.79. The first-order valence-corrected chi connectivity index (χ1v) is 8.74. The molecule has 25 heavy (non-hydrogen) atoms. The second kappa shape index (κ2) is 10.4. The van der Waals surface area contributed by atoms with Crippen LogP contribution in [0.25, 0.3) is 0 Å². The van der Waals surface area contributed by atoms with E-state index in [1.807, 2.05) is 0 Å². The molecule has 140 valence electrons. The van der Waals surface area contributed by atoms with E-state index >= 15 is 0 Å². The van der Waals surface area contributed by atoms with Crippen LogP contribution in [0.3, 0.4) is 0 Å². The van der Waals surface area contributed by atoms with E-state index in [1.54, 1.807) is 39.0 Å². The van der Waals surface area contributed by atoms with E-state index in [-0.39, 0.29) is 12.5 Å². The molecule has 0 saturated heterocycles. The molecule has 0 aliphatic rings. The summed E-state index contributed by atoms with van der Waals surface area (Å²) in [4.78, 5) is 23.1. The molecular formula is C17H24Cl2N2O4. The minimum Gasteiger partial charge on any atom is -0.482 e. The highest BCUT2D eigenvalue weighted by Gasteiger charge is 2.15. The molecule has 1 aromatic carbocycles. The van der Waals surface area contributed by atoms with Crippen molar-refractivity contribution in [3.8, 4) is 5.75 Å².